The van der Waals surface area contributed by atoms with E-state index < -0.39 is 0 Å². The molecule has 2 atom stereocenters. The number of hydrogen-bond acceptors (Lipinski definition) is 4. The van der Waals surface area contributed by atoms with Gasteiger partial charge in [0.15, 0.2) is 11.5 Å². The van der Waals surface area contributed by atoms with Gasteiger partial charge in [-0.05, 0) is 49.3 Å². The number of nitrogens with one attached hydrogen (secondary N) is 1. The highest BCUT2D eigenvalue weighted by molar-refractivity contribution is 5.85. The van der Waals surface area contributed by atoms with E-state index in [-0.39, 0.29) is 25.1 Å². The fraction of sp³-hybridized carbons (Fsp3) is 0.611. The summed E-state index contributed by atoms with van der Waals surface area (Å²) in [5, 5.41) is 3.64. The Morgan fingerprint density at radius 2 is 1.92 bits per heavy atom. The molecule has 1 aromatic rings. The van der Waals surface area contributed by atoms with Crippen molar-refractivity contribution in [2.45, 2.75) is 50.7 Å². The fourth-order valence-electron chi connectivity index (χ4n) is 4.15. The number of fused-ring (bicyclic) bond motifs is 3. The van der Waals surface area contributed by atoms with Gasteiger partial charge in [0.1, 0.15) is 0 Å². The Hall–Kier alpha value is -1.46. The second-order valence-electron chi connectivity index (χ2n) is 7.12. The van der Waals surface area contributed by atoms with Gasteiger partial charge in [-0.2, -0.15) is 0 Å². The van der Waals surface area contributed by atoms with Gasteiger partial charge in [-0.25, -0.2) is 0 Å². The third kappa shape index (κ3) is 3.62. The van der Waals surface area contributed by atoms with Crippen LogP contribution in [-0.2, 0) is 11.3 Å². The van der Waals surface area contributed by atoms with Crippen LogP contribution in [0.4, 0.5) is 0 Å². The molecular formula is C18H25ClN2O3. The molecule has 24 heavy (non-hydrogen) atoms. The van der Waals surface area contributed by atoms with Gasteiger partial charge in [0.25, 0.3) is 0 Å². The highest BCUT2D eigenvalue weighted by Gasteiger charge is 2.34. The molecule has 3 aliphatic heterocycles. The van der Waals surface area contributed by atoms with Gasteiger partial charge in [-0.15, -0.1) is 12.4 Å². The van der Waals surface area contributed by atoms with Gasteiger partial charge in [-0.3, -0.25) is 4.79 Å². The molecular weight excluding hydrogens is 328 g/mol. The first-order valence-electron chi connectivity index (χ1n) is 8.56. The van der Waals surface area contributed by atoms with Gasteiger partial charge < -0.3 is 19.7 Å². The summed E-state index contributed by atoms with van der Waals surface area (Å²) in [6.45, 7) is 0.902. The summed E-state index contributed by atoms with van der Waals surface area (Å²) < 4.78 is 10.7. The topological polar surface area (TPSA) is 50.8 Å². The van der Waals surface area contributed by atoms with E-state index in [0.29, 0.717) is 31.0 Å². The number of ether oxygens (including phenoxy) is 2. The number of halogens is 1. The molecule has 3 aliphatic rings. The highest BCUT2D eigenvalue weighted by atomic mass is 35.5. The van der Waals surface area contributed by atoms with E-state index in [9.17, 15) is 4.79 Å². The van der Waals surface area contributed by atoms with Crippen LogP contribution in [0.15, 0.2) is 18.2 Å². The molecule has 1 N–H and O–H groups in total. The largest absolute Gasteiger partial charge is 0.454 e. The number of nitrogens with zero attached hydrogens (tertiary/aromatic N) is 1. The van der Waals surface area contributed by atoms with E-state index in [4.69, 9.17) is 9.47 Å². The van der Waals surface area contributed by atoms with Crippen LogP contribution < -0.4 is 14.8 Å². The number of benzene rings is 1. The van der Waals surface area contributed by atoms with Crippen LogP contribution in [0, 0.1) is 5.92 Å². The Morgan fingerprint density at radius 3 is 2.67 bits per heavy atom. The molecule has 0 radical (unpaired) electrons. The maximum absolute atomic E-state index is 12.5. The van der Waals surface area contributed by atoms with E-state index >= 15 is 0 Å². The predicted molar refractivity (Wildman–Crippen MR) is 93.6 cm³/mol. The van der Waals surface area contributed by atoms with Crippen molar-refractivity contribution < 1.29 is 14.3 Å². The summed E-state index contributed by atoms with van der Waals surface area (Å²) in [5.74, 6) is 2.35. The molecule has 5 nitrogen and oxygen atoms in total. The van der Waals surface area contributed by atoms with Gasteiger partial charge in [-0.1, -0.05) is 6.07 Å². The Labute approximate surface area is 149 Å². The summed E-state index contributed by atoms with van der Waals surface area (Å²) in [4.78, 5) is 14.4. The molecule has 6 heteroatoms. The van der Waals surface area contributed by atoms with Crippen molar-refractivity contribution in [2.75, 3.05) is 13.8 Å². The minimum Gasteiger partial charge on any atom is -0.454 e. The summed E-state index contributed by atoms with van der Waals surface area (Å²) >= 11 is 0. The van der Waals surface area contributed by atoms with Crippen LogP contribution in [0.1, 0.15) is 37.7 Å². The van der Waals surface area contributed by atoms with Crippen molar-refractivity contribution in [3.8, 4) is 11.5 Å². The Morgan fingerprint density at radius 1 is 1.21 bits per heavy atom. The van der Waals surface area contributed by atoms with Crippen molar-refractivity contribution in [3.63, 3.8) is 0 Å². The third-order valence-electron chi connectivity index (χ3n) is 5.32. The van der Waals surface area contributed by atoms with Gasteiger partial charge in [0.2, 0.25) is 12.7 Å². The van der Waals surface area contributed by atoms with Crippen molar-refractivity contribution in [1.29, 1.82) is 0 Å². The summed E-state index contributed by atoms with van der Waals surface area (Å²) in [6.07, 6.45) is 5.54. The Balaban J connectivity index is 0.00000169. The smallest absolute Gasteiger partial charge is 0.231 e. The molecule has 132 valence electrons. The lowest BCUT2D eigenvalue weighted by molar-refractivity contribution is -0.131. The average molecular weight is 353 g/mol. The number of piperidine rings is 1. The molecule has 2 bridgehead atoms. The Kier molecular flexibility index (Phi) is 5.21. The van der Waals surface area contributed by atoms with E-state index in [1.54, 1.807) is 0 Å². The molecule has 2 unspecified atom stereocenters. The average Bonchev–Trinajstić information content (AvgIpc) is 3.13. The van der Waals surface area contributed by atoms with Gasteiger partial charge in [0.05, 0.1) is 0 Å². The predicted octanol–water partition coefficient (Wildman–Crippen LogP) is 2.72. The first kappa shape index (κ1) is 17.4. The van der Waals surface area contributed by atoms with Crippen LogP contribution >= 0.6 is 12.4 Å². The van der Waals surface area contributed by atoms with Crippen LogP contribution in [0.5, 0.6) is 11.5 Å². The molecule has 3 heterocycles. The molecule has 4 rings (SSSR count). The van der Waals surface area contributed by atoms with Crippen molar-refractivity contribution in [3.05, 3.63) is 23.8 Å². The van der Waals surface area contributed by atoms with E-state index in [0.717, 1.165) is 29.9 Å². The molecule has 0 aromatic heterocycles. The number of carbonyl (C=O) groups is 1. The zero-order valence-corrected chi connectivity index (χ0v) is 14.8. The number of amides is 1. The maximum atomic E-state index is 12.5. The van der Waals surface area contributed by atoms with Gasteiger partial charge >= 0.3 is 0 Å². The van der Waals surface area contributed by atoms with Crippen molar-refractivity contribution in [1.82, 2.24) is 10.2 Å². The zero-order valence-electron chi connectivity index (χ0n) is 14.0. The summed E-state index contributed by atoms with van der Waals surface area (Å²) in [6, 6.07) is 7.18. The summed E-state index contributed by atoms with van der Waals surface area (Å²) in [5.41, 5.74) is 1.08. The minimum atomic E-state index is 0. The lowest BCUT2D eigenvalue weighted by atomic mass is 9.89. The maximum Gasteiger partial charge on any atom is 0.231 e. The van der Waals surface area contributed by atoms with Crippen molar-refractivity contribution in [2.24, 2.45) is 5.92 Å². The quantitative estimate of drug-likeness (QED) is 0.905. The molecule has 0 aliphatic carbocycles. The lowest BCUT2D eigenvalue weighted by Crippen LogP contribution is -2.39. The van der Waals surface area contributed by atoms with Crippen LogP contribution in [-0.4, -0.2) is 36.7 Å². The number of hydrogen-bond donors (Lipinski definition) is 1. The first-order valence-corrected chi connectivity index (χ1v) is 8.56. The lowest BCUT2D eigenvalue weighted by Gasteiger charge is -2.30. The molecule has 1 aromatic carbocycles. The van der Waals surface area contributed by atoms with E-state index in [2.05, 4.69) is 5.32 Å². The standard InChI is InChI=1S/C18H24N2O3.ClH/c1-20(10-12-2-5-16-17(8-12)23-11-22-16)18(21)9-13-6-14-3-4-15(7-13)19-14;/h2,5,8,13-15,19H,3-4,6-7,9-11H2,1H3;1H. The second kappa shape index (κ2) is 7.19. The summed E-state index contributed by atoms with van der Waals surface area (Å²) in [7, 11) is 1.89. The highest BCUT2D eigenvalue weighted by Crippen LogP contribution is 2.34. The SMILES string of the molecule is CN(Cc1ccc2c(c1)OCO2)C(=O)CC1CC2CCC(C1)N2.Cl. The van der Waals surface area contributed by atoms with Crippen LogP contribution in [0.2, 0.25) is 0 Å². The Bertz CT molecular complexity index is 598. The van der Waals surface area contributed by atoms with Crippen LogP contribution in [0.3, 0.4) is 0 Å². The second-order valence-corrected chi connectivity index (χ2v) is 7.12. The van der Waals surface area contributed by atoms with Crippen molar-refractivity contribution >= 4 is 18.3 Å². The minimum absolute atomic E-state index is 0. The van der Waals surface area contributed by atoms with Crippen LogP contribution in [0.25, 0.3) is 0 Å². The molecule has 1 amide bonds. The molecule has 0 saturated carbocycles. The molecule has 2 fully saturated rings. The third-order valence-corrected chi connectivity index (χ3v) is 5.32. The van der Waals surface area contributed by atoms with E-state index in [1.807, 2.05) is 30.1 Å². The zero-order chi connectivity index (χ0) is 15.8. The fourth-order valence-corrected chi connectivity index (χ4v) is 4.15. The normalized spacial score (nSPS) is 26.8. The number of rotatable bonds is 4. The molecule has 0 spiro atoms. The monoisotopic (exact) mass is 352 g/mol. The molecule has 2 saturated heterocycles. The number of carbonyl (C=O) groups excluding carboxylic acids is 1. The first-order chi connectivity index (χ1) is 11.2. The van der Waals surface area contributed by atoms with E-state index in [1.165, 1.54) is 12.8 Å². The van der Waals surface area contributed by atoms with Gasteiger partial charge in [0, 0.05) is 32.1 Å².